The molecule has 216 valence electrons. The highest BCUT2D eigenvalue weighted by atomic mass is 19.4. The van der Waals surface area contributed by atoms with E-state index in [1.165, 1.54) is 54.6 Å². The van der Waals surface area contributed by atoms with Crippen LogP contribution in [0, 0.1) is 102 Å². The van der Waals surface area contributed by atoms with Gasteiger partial charge in [-0.3, -0.25) is 0 Å². The smallest absolute Gasteiger partial charge is 0.192 e. The van der Waals surface area contributed by atoms with Crippen molar-refractivity contribution in [3.8, 4) is 54.6 Å². The van der Waals surface area contributed by atoms with Gasteiger partial charge in [0.15, 0.2) is 0 Å². The first-order valence-electron chi connectivity index (χ1n) is 11.8. The standard InChI is InChI=1S/C31H5F6N9/c32-30(33,34)28-18(9-41)1-15(6-38)3-21(28)23(11-43)20-5-17(8-40)27(26(14-46)24(20)12-44)25(13-45)22-4-16(7-39)2-19(10-42)29(22)31(35,36)37/h1-5H/b23-20-,27-25-. The molecule has 3 aromatic rings. The van der Waals surface area contributed by atoms with Gasteiger partial charge in [0.1, 0.15) is 24.3 Å². The van der Waals surface area contributed by atoms with E-state index in [4.69, 9.17) is 0 Å². The van der Waals surface area contributed by atoms with Gasteiger partial charge in [0.2, 0.25) is 0 Å². The summed E-state index contributed by atoms with van der Waals surface area (Å²) in [5.74, 6) is 0. The first-order chi connectivity index (χ1) is 21.7. The molecule has 0 saturated heterocycles. The van der Waals surface area contributed by atoms with Crippen molar-refractivity contribution in [3.05, 3.63) is 102 Å². The van der Waals surface area contributed by atoms with E-state index in [9.17, 15) is 73.7 Å². The second-order valence-electron chi connectivity index (χ2n) is 8.74. The number of benzene rings is 3. The first kappa shape index (κ1) is 32.9. The monoisotopic (exact) mass is 617 g/mol. The molecule has 15 heteroatoms. The Morgan fingerprint density at radius 1 is 0.457 bits per heavy atom. The number of hydrogen-bond acceptors (Lipinski definition) is 9. The molecule has 3 rings (SSSR count). The van der Waals surface area contributed by atoms with Crippen LogP contribution in [0.1, 0.15) is 61.2 Å². The fraction of sp³-hybridized carbons (Fsp3) is 0.0645. The molecule has 0 spiro atoms. The zero-order valence-electron chi connectivity index (χ0n) is 22.2. The zero-order valence-corrected chi connectivity index (χ0v) is 22.2. The number of alkyl halides is 6. The Hall–Kier alpha value is -7.61. The number of halogens is 6. The molecule has 0 aliphatic carbocycles. The van der Waals surface area contributed by atoms with Crippen molar-refractivity contribution in [1.29, 1.82) is 47.4 Å². The van der Waals surface area contributed by atoms with E-state index in [-0.39, 0.29) is 0 Å². The summed E-state index contributed by atoms with van der Waals surface area (Å²) in [4.78, 5) is 0. The quantitative estimate of drug-likeness (QED) is 0.375. The molecule has 0 radical (unpaired) electrons. The van der Waals surface area contributed by atoms with E-state index in [0.29, 0.717) is 30.3 Å². The third-order valence-corrected chi connectivity index (χ3v) is 6.30. The summed E-state index contributed by atoms with van der Waals surface area (Å²) in [5.41, 5.74) is -13.9. The Morgan fingerprint density at radius 3 is 1.20 bits per heavy atom. The van der Waals surface area contributed by atoms with Crippen molar-refractivity contribution in [2.24, 2.45) is 0 Å². The molecule has 0 amide bonds. The summed E-state index contributed by atoms with van der Waals surface area (Å²) in [6.45, 7) is 0. The molecule has 0 atom stereocenters. The normalized spacial score (nSPS) is 11.8. The summed E-state index contributed by atoms with van der Waals surface area (Å²) in [7, 11) is 0. The second kappa shape index (κ2) is 12.3. The first-order valence-corrected chi connectivity index (χ1v) is 11.8. The van der Waals surface area contributed by atoms with Crippen LogP contribution in [0.15, 0.2) is 30.3 Å². The molecular weight excluding hydrogens is 612 g/mol. The van der Waals surface area contributed by atoms with Crippen LogP contribution >= 0.6 is 0 Å². The SMILES string of the molecule is N#C/C(c1cc(C#N)cc(C#N)c1C(F)(F)F)=c1\cc(C#N)/c(=C(\C#N)c2cc(C#N)cc(C#N)c2C(F)(F)F)c(C#N)c1C#N. The Balaban J connectivity index is 2.86. The molecule has 0 heterocycles. The lowest BCUT2D eigenvalue weighted by Crippen LogP contribution is -2.27. The highest BCUT2D eigenvalue weighted by molar-refractivity contribution is 5.86. The summed E-state index contributed by atoms with van der Waals surface area (Å²) < 4.78 is 85.1. The van der Waals surface area contributed by atoms with E-state index >= 15 is 0 Å². The van der Waals surface area contributed by atoms with Gasteiger partial charge in [-0.05, 0) is 30.3 Å². The van der Waals surface area contributed by atoms with Gasteiger partial charge >= 0.3 is 12.4 Å². The molecule has 3 aromatic carbocycles. The minimum Gasteiger partial charge on any atom is -0.192 e. The molecule has 0 fully saturated rings. The van der Waals surface area contributed by atoms with Gasteiger partial charge in [-0.1, -0.05) is 0 Å². The van der Waals surface area contributed by atoms with Crippen LogP contribution < -0.4 is 10.4 Å². The van der Waals surface area contributed by atoms with Gasteiger partial charge in [-0.25, -0.2) is 0 Å². The van der Waals surface area contributed by atoms with Gasteiger partial charge in [0, 0.05) is 21.6 Å². The minimum atomic E-state index is -5.34. The third-order valence-electron chi connectivity index (χ3n) is 6.30. The molecule has 0 aliphatic rings. The maximum Gasteiger partial charge on any atom is 0.418 e. The van der Waals surface area contributed by atoms with E-state index in [2.05, 4.69) is 0 Å². The fourth-order valence-corrected chi connectivity index (χ4v) is 4.57. The van der Waals surface area contributed by atoms with Crippen molar-refractivity contribution in [2.45, 2.75) is 12.4 Å². The molecule has 0 saturated carbocycles. The van der Waals surface area contributed by atoms with Gasteiger partial charge in [0.25, 0.3) is 0 Å². The Morgan fingerprint density at radius 2 is 0.870 bits per heavy atom. The molecule has 0 aliphatic heterocycles. The van der Waals surface area contributed by atoms with Crippen LogP contribution in [0.5, 0.6) is 0 Å². The van der Waals surface area contributed by atoms with Gasteiger partial charge in [-0.15, -0.1) is 0 Å². The summed E-state index contributed by atoms with van der Waals surface area (Å²) in [6.07, 6.45) is -10.7. The van der Waals surface area contributed by atoms with Crippen LogP contribution in [0.4, 0.5) is 26.3 Å². The zero-order chi connectivity index (χ0) is 34.6. The number of nitrogens with zero attached hydrogens (tertiary/aromatic N) is 9. The summed E-state index contributed by atoms with van der Waals surface area (Å²) in [5, 5.41) is 85.7. The molecule has 9 nitrogen and oxygen atoms in total. The molecule has 0 N–H and O–H groups in total. The van der Waals surface area contributed by atoms with Gasteiger partial charge < -0.3 is 0 Å². The molecular formula is C31H5F6N9. The van der Waals surface area contributed by atoms with Gasteiger partial charge in [0.05, 0.1) is 91.6 Å². The average molecular weight is 617 g/mol. The molecule has 0 unspecified atom stereocenters. The lowest BCUT2D eigenvalue weighted by atomic mass is 9.87. The molecule has 46 heavy (non-hydrogen) atoms. The molecule has 0 bridgehead atoms. The highest BCUT2D eigenvalue weighted by Crippen LogP contribution is 2.39. The minimum absolute atomic E-state index is 0.520. The van der Waals surface area contributed by atoms with Crippen LogP contribution in [-0.4, -0.2) is 0 Å². The van der Waals surface area contributed by atoms with E-state index in [0.717, 1.165) is 0 Å². The van der Waals surface area contributed by atoms with Crippen molar-refractivity contribution >= 4 is 11.1 Å². The second-order valence-corrected chi connectivity index (χ2v) is 8.74. The number of rotatable bonds is 2. The lowest BCUT2D eigenvalue weighted by molar-refractivity contribution is -0.138. The average Bonchev–Trinajstić information content (AvgIpc) is 3.03. The Kier molecular flexibility index (Phi) is 8.81. The molecule has 0 aromatic heterocycles. The number of nitriles is 9. The van der Waals surface area contributed by atoms with Crippen LogP contribution in [0.3, 0.4) is 0 Å². The Bertz CT molecular complexity index is 2390. The van der Waals surface area contributed by atoms with Crippen molar-refractivity contribution in [3.63, 3.8) is 0 Å². The van der Waals surface area contributed by atoms with E-state index in [1.54, 1.807) is 0 Å². The van der Waals surface area contributed by atoms with Crippen molar-refractivity contribution in [2.75, 3.05) is 0 Å². The predicted molar refractivity (Wildman–Crippen MR) is 138 cm³/mol. The van der Waals surface area contributed by atoms with E-state index < -0.39 is 95.1 Å². The van der Waals surface area contributed by atoms with Crippen LogP contribution in [0.2, 0.25) is 0 Å². The Labute approximate surface area is 253 Å². The fourth-order valence-electron chi connectivity index (χ4n) is 4.57. The topological polar surface area (TPSA) is 214 Å². The third kappa shape index (κ3) is 5.58. The number of hydrogen-bond donors (Lipinski definition) is 0. The predicted octanol–water partition coefficient (Wildman–Crippen LogP) is 4.27. The van der Waals surface area contributed by atoms with Crippen LogP contribution in [-0.2, 0) is 12.4 Å². The maximum atomic E-state index is 14.2. The van der Waals surface area contributed by atoms with Crippen LogP contribution in [0.25, 0.3) is 11.1 Å². The highest BCUT2D eigenvalue weighted by Gasteiger charge is 2.39. The van der Waals surface area contributed by atoms with Gasteiger partial charge in [-0.2, -0.15) is 73.7 Å². The maximum absolute atomic E-state index is 14.2. The lowest BCUT2D eigenvalue weighted by Gasteiger charge is -2.16. The van der Waals surface area contributed by atoms with E-state index in [1.807, 2.05) is 0 Å². The van der Waals surface area contributed by atoms with Crippen molar-refractivity contribution < 1.29 is 26.3 Å². The summed E-state index contributed by atoms with van der Waals surface area (Å²) in [6, 6.07) is 15.7. The van der Waals surface area contributed by atoms with Crippen molar-refractivity contribution in [1.82, 2.24) is 0 Å². The largest absolute Gasteiger partial charge is 0.418 e. The summed E-state index contributed by atoms with van der Waals surface area (Å²) >= 11 is 0.